The Kier molecular flexibility index (Phi) is 5.34. The molecule has 1 aromatic rings. The van der Waals surface area contributed by atoms with Crippen molar-refractivity contribution in [2.45, 2.75) is 31.8 Å². The molecule has 106 valence electrons. The van der Waals surface area contributed by atoms with Crippen molar-refractivity contribution in [3.05, 3.63) is 24.4 Å². The number of piperidine rings is 1. The van der Waals surface area contributed by atoms with Crippen molar-refractivity contribution in [2.24, 2.45) is 0 Å². The van der Waals surface area contributed by atoms with E-state index < -0.39 is 10.8 Å². The summed E-state index contributed by atoms with van der Waals surface area (Å²) in [6.07, 6.45) is 5.86. The molecule has 0 saturated carbocycles. The Morgan fingerprint density at radius 3 is 2.79 bits per heavy atom. The Hall–Kier alpha value is -0.940. The van der Waals surface area contributed by atoms with Gasteiger partial charge >= 0.3 is 0 Å². The largest absolute Gasteiger partial charge is 0.357 e. The van der Waals surface area contributed by atoms with Crippen LogP contribution in [0.1, 0.15) is 19.8 Å². The first-order valence-corrected chi connectivity index (χ1v) is 8.60. The molecule has 19 heavy (non-hydrogen) atoms. The Labute approximate surface area is 118 Å². The van der Waals surface area contributed by atoms with Crippen LogP contribution in [0, 0.1) is 0 Å². The maximum absolute atomic E-state index is 11.2. The monoisotopic (exact) mass is 281 g/mol. The van der Waals surface area contributed by atoms with Crippen molar-refractivity contribution in [1.29, 1.82) is 0 Å². The minimum absolute atomic E-state index is 0.331. The van der Waals surface area contributed by atoms with E-state index in [1.165, 1.54) is 0 Å². The third-order valence-corrected chi connectivity index (χ3v) is 4.44. The first-order chi connectivity index (χ1) is 9.15. The lowest BCUT2D eigenvalue weighted by molar-refractivity contribution is 0.387. The zero-order valence-corrected chi connectivity index (χ0v) is 12.5. The van der Waals surface area contributed by atoms with Crippen LogP contribution in [0.3, 0.4) is 0 Å². The summed E-state index contributed by atoms with van der Waals surface area (Å²) in [5.74, 6) is 1.81. The summed E-state index contributed by atoms with van der Waals surface area (Å²) in [5, 5.41) is 3.58. The highest BCUT2D eigenvalue weighted by molar-refractivity contribution is 7.84. The van der Waals surface area contributed by atoms with E-state index in [-0.39, 0.29) is 0 Å². The average molecular weight is 281 g/mol. The van der Waals surface area contributed by atoms with Crippen molar-refractivity contribution < 1.29 is 4.21 Å². The van der Waals surface area contributed by atoms with Gasteiger partial charge in [-0.25, -0.2) is 4.98 Å². The fourth-order valence-electron chi connectivity index (χ4n) is 2.62. The van der Waals surface area contributed by atoms with Gasteiger partial charge in [0, 0.05) is 54.2 Å². The molecular formula is C14H23N3OS. The molecule has 1 aromatic heterocycles. The van der Waals surface area contributed by atoms with Crippen molar-refractivity contribution in [2.75, 3.05) is 30.0 Å². The fourth-order valence-corrected chi connectivity index (χ4v) is 3.42. The molecule has 1 fully saturated rings. The van der Waals surface area contributed by atoms with Gasteiger partial charge in [0.25, 0.3) is 0 Å². The van der Waals surface area contributed by atoms with Gasteiger partial charge < -0.3 is 10.2 Å². The van der Waals surface area contributed by atoms with Gasteiger partial charge in [-0.15, -0.1) is 0 Å². The van der Waals surface area contributed by atoms with E-state index in [4.69, 9.17) is 0 Å². The summed E-state index contributed by atoms with van der Waals surface area (Å²) in [7, 11) is -0.720. The predicted molar refractivity (Wildman–Crippen MR) is 81.0 cm³/mol. The van der Waals surface area contributed by atoms with Gasteiger partial charge in [0.2, 0.25) is 0 Å². The van der Waals surface area contributed by atoms with Gasteiger partial charge in [-0.05, 0) is 31.9 Å². The Morgan fingerprint density at radius 1 is 1.47 bits per heavy atom. The first-order valence-electron chi connectivity index (χ1n) is 6.87. The molecule has 0 radical (unpaired) electrons. The number of hydrogen-bond acceptors (Lipinski definition) is 4. The number of hydrogen-bond donors (Lipinski definition) is 1. The number of aromatic nitrogens is 1. The molecule has 4 nitrogen and oxygen atoms in total. The summed E-state index contributed by atoms with van der Waals surface area (Å²) >= 11 is 0. The average Bonchev–Trinajstić information content (AvgIpc) is 2.39. The number of anilines is 1. The van der Waals surface area contributed by atoms with Gasteiger partial charge in [-0.1, -0.05) is 6.07 Å². The molecule has 1 saturated heterocycles. The van der Waals surface area contributed by atoms with Crippen molar-refractivity contribution in [3.63, 3.8) is 0 Å². The van der Waals surface area contributed by atoms with E-state index in [2.05, 4.69) is 28.2 Å². The molecule has 0 aromatic carbocycles. The van der Waals surface area contributed by atoms with Gasteiger partial charge in [0.1, 0.15) is 5.82 Å². The zero-order chi connectivity index (χ0) is 13.7. The zero-order valence-electron chi connectivity index (χ0n) is 11.7. The molecule has 2 rings (SSSR count). The van der Waals surface area contributed by atoms with E-state index >= 15 is 0 Å². The highest BCUT2D eigenvalue weighted by Gasteiger charge is 2.21. The molecule has 1 N–H and O–H groups in total. The van der Waals surface area contributed by atoms with Crippen LogP contribution in [0.15, 0.2) is 24.4 Å². The number of nitrogens with zero attached hydrogens (tertiary/aromatic N) is 2. The minimum Gasteiger partial charge on any atom is -0.357 e. The minimum atomic E-state index is -0.720. The molecule has 5 heteroatoms. The van der Waals surface area contributed by atoms with Crippen LogP contribution in [0.5, 0.6) is 0 Å². The Bertz CT molecular complexity index is 404. The molecular weight excluding hydrogens is 258 g/mol. The summed E-state index contributed by atoms with van der Waals surface area (Å²) in [6, 6.07) is 6.92. The summed E-state index contributed by atoms with van der Waals surface area (Å²) in [5.41, 5.74) is 0. The fraction of sp³-hybridized carbons (Fsp3) is 0.643. The van der Waals surface area contributed by atoms with Crippen LogP contribution >= 0.6 is 0 Å². The second kappa shape index (κ2) is 7.01. The highest BCUT2D eigenvalue weighted by Crippen LogP contribution is 2.17. The second-order valence-corrected chi connectivity index (χ2v) is 6.74. The van der Waals surface area contributed by atoms with Crippen molar-refractivity contribution >= 4 is 16.6 Å². The van der Waals surface area contributed by atoms with Gasteiger partial charge in [-0.3, -0.25) is 4.21 Å². The summed E-state index contributed by atoms with van der Waals surface area (Å²) in [4.78, 5) is 6.73. The predicted octanol–water partition coefficient (Wildman–Crippen LogP) is 1.41. The molecule has 1 aliphatic heterocycles. The second-order valence-electron chi connectivity index (χ2n) is 5.26. The maximum Gasteiger partial charge on any atom is 0.128 e. The third kappa shape index (κ3) is 4.58. The SMILES string of the molecule is CC(CS(C)=O)NC1CCN(c2ccccn2)CC1. The Morgan fingerprint density at radius 2 is 2.21 bits per heavy atom. The van der Waals surface area contributed by atoms with E-state index in [9.17, 15) is 4.21 Å². The van der Waals surface area contributed by atoms with Crippen molar-refractivity contribution in [3.8, 4) is 0 Å². The molecule has 0 bridgehead atoms. The number of nitrogens with one attached hydrogen (secondary N) is 1. The molecule has 0 amide bonds. The van der Waals surface area contributed by atoms with Crippen molar-refractivity contribution in [1.82, 2.24) is 10.3 Å². The van der Waals surface area contributed by atoms with Crippen LogP contribution in [0.25, 0.3) is 0 Å². The lowest BCUT2D eigenvalue weighted by atomic mass is 10.0. The maximum atomic E-state index is 11.2. The molecule has 2 heterocycles. The van der Waals surface area contributed by atoms with E-state index in [0.29, 0.717) is 12.1 Å². The van der Waals surface area contributed by atoms with Crippen LogP contribution in [0.4, 0.5) is 5.82 Å². The quantitative estimate of drug-likeness (QED) is 0.886. The standard InChI is InChI=1S/C14H23N3OS/c1-12(11-19(2)18)16-13-6-9-17(10-7-13)14-5-3-4-8-15-14/h3-5,8,12-13,16H,6-7,9-11H2,1-2H3. The van der Waals surface area contributed by atoms with E-state index in [1.807, 2.05) is 18.3 Å². The number of pyridine rings is 1. The highest BCUT2D eigenvalue weighted by atomic mass is 32.2. The first kappa shape index (κ1) is 14.5. The summed E-state index contributed by atoms with van der Waals surface area (Å²) < 4.78 is 11.2. The normalized spacial score (nSPS) is 20.2. The van der Waals surface area contributed by atoms with E-state index in [0.717, 1.165) is 37.5 Å². The molecule has 1 aliphatic rings. The van der Waals surface area contributed by atoms with Crippen LogP contribution in [-0.4, -0.2) is 46.4 Å². The topological polar surface area (TPSA) is 45.2 Å². The molecule has 0 aliphatic carbocycles. The lowest BCUT2D eigenvalue weighted by Gasteiger charge is -2.34. The summed E-state index contributed by atoms with van der Waals surface area (Å²) in [6.45, 7) is 4.19. The third-order valence-electron chi connectivity index (χ3n) is 3.47. The smallest absolute Gasteiger partial charge is 0.128 e. The lowest BCUT2D eigenvalue weighted by Crippen LogP contribution is -2.47. The molecule has 2 unspecified atom stereocenters. The van der Waals surface area contributed by atoms with E-state index in [1.54, 1.807) is 6.26 Å². The van der Waals surface area contributed by atoms with Gasteiger partial charge in [-0.2, -0.15) is 0 Å². The van der Waals surface area contributed by atoms with Gasteiger partial charge in [0.15, 0.2) is 0 Å². The van der Waals surface area contributed by atoms with Crippen LogP contribution in [-0.2, 0) is 10.8 Å². The molecule has 0 spiro atoms. The van der Waals surface area contributed by atoms with Crippen LogP contribution in [0.2, 0.25) is 0 Å². The Balaban J connectivity index is 1.78. The van der Waals surface area contributed by atoms with Crippen LogP contribution < -0.4 is 10.2 Å². The van der Waals surface area contributed by atoms with Gasteiger partial charge in [0.05, 0.1) is 0 Å². The number of rotatable bonds is 5. The molecule has 2 atom stereocenters.